The molecule has 0 aromatic carbocycles. The van der Waals surface area contributed by atoms with Crippen molar-refractivity contribution in [3.63, 3.8) is 0 Å². The molecule has 0 amide bonds. The molecule has 0 saturated carbocycles. The first kappa shape index (κ1) is 8.48. The van der Waals surface area contributed by atoms with Crippen molar-refractivity contribution in [3.8, 4) is 0 Å². The molecular weight excluding hydrogens is 108 g/mol. The van der Waals surface area contributed by atoms with Crippen LogP contribution in [0.25, 0.3) is 0 Å². The van der Waals surface area contributed by atoms with Crippen molar-refractivity contribution in [3.05, 3.63) is 23.8 Å². The second-order valence-electron chi connectivity index (χ2n) is 2.36. The number of hydrogen-bond donors (Lipinski definition) is 0. The van der Waals surface area contributed by atoms with Gasteiger partial charge >= 0.3 is 0 Å². The Morgan fingerprint density at radius 1 is 1.33 bits per heavy atom. The van der Waals surface area contributed by atoms with Gasteiger partial charge in [0.15, 0.2) is 0 Å². The van der Waals surface area contributed by atoms with Crippen molar-refractivity contribution in [1.29, 1.82) is 0 Å². The summed E-state index contributed by atoms with van der Waals surface area (Å²) in [4.78, 5) is 0. The van der Waals surface area contributed by atoms with Crippen LogP contribution >= 0.6 is 0 Å². The van der Waals surface area contributed by atoms with Gasteiger partial charge in [0.25, 0.3) is 0 Å². The van der Waals surface area contributed by atoms with Gasteiger partial charge in [0, 0.05) is 0 Å². The van der Waals surface area contributed by atoms with Crippen molar-refractivity contribution in [2.45, 2.75) is 33.6 Å². The van der Waals surface area contributed by atoms with Gasteiger partial charge in [-0.2, -0.15) is 0 Å². The average Bonchev–Trinajstić information content (AvgIpc) is 1.87. The molecule has 0 aromatic rings. The Hall–Kier alpha value is -0.520. The Morgan fingerprint density at radius 2 is 1.89 bits per heavy atom. The van der Waals surface area contributed by atoms with Gasteiger partial charge in [-0.1, -0.05) is 37.6 Å². The van der Waals surface area contributed by atoms with Crippen LogP contribution in [0.1, 0.15) is 33.6 Å². The van der Waals surface area contributed by atoms with Crippen LogP contribution in [0.15, 0.2) is 23.8 Å². The molecule has 0 aromatic heterocycles. The predicted octanol–water partition coefficient (Wildman–Crippen LogP) is 3.31. The average molecular weight is 124 g/mol. The van der Waals surface area contributed by atoms with Crippen LogP contribution in [0, 0.1) is 0 Å². The molecule has 0 rings (SSSR count). The molecule has 0 nitrogen and oxygen atoms in total. The van der Waals surface area contributed by atoms with E-state index in [0.717, 1.165) is 12.8 Å². The van der Waals surface area contributed by atoms with E-state index in [-0.39, 0.29) is 0 Å². The molecule has 0 saturated heterocycles. The van der Waals surface area contributed by atoms with Gasteiger partial charge in [0.05, 0.1) is 0 Å². The number of rotatable bonds is 3. The van der Waals surface area contributed by atoms with E-state index in [1.165, 1.54) is 11.1 Å². The lowest BCUT2D eigenvalue weighted by molar-refractivity contribution is 1.07. The van der Waals surface area contributed by atoms with E-state index in [9.17, 15) is 0 Å². The molecule has 0 N–H and O–H groups in total. The standard InChI is InChI=1S/C9H16/c1-5-8(3)7-9(4)6-2/h7H,3,5-6H2,1-2,4H3/b9-7+. The fourth-order valence-corrected chi connectivity index (χ4v) is 0.553. The minimum Gasteiger partial charge on any atom is -0.0958 e. The van der Waals surface area contributed by atoms with Crippen molar-refractivity contribution in [2.75, 3.05) is 0 Å². The number of allylic oxidation sites excluding steroid dienone is 3. The highest BCUT2D eigenvalue weighted by atomic mass is 13.9. The van der Waals surface area contributed by atoms with Gasteiger partial charge in [-0.05, 0) is 19.8 Å². The van der Waals surface area contributed by atoms with Crippen LogP contribution in [-0.2, 0) is 0 Å². The third-order valence-electron chi connectivity index (χ3n) is 1.46. The van der Waals surface area contributed by atoms with E-state index in [1.807, 2.05) is 0 Å². The minimum atomic E-state index is 1.07. The fraction of sp³-hybridized carbons (Fsp3) is 0.556. The molecule has 0 atom stereocenters. The first-order valence-electron chi connectivity index (χ1n) is 3.55. The lowest BCUT2D eigenvalue weighted by Gasteiger charge is -1.95. The van der Waals surface area contributed by atoms with Crippen LogP contribution in [0.2, 0.25) is 0 Å². The smallest absolute Gasteiger partial charge is 0.0313 e. The van der Waals surface area contributed by atoms with E-state index in [0.29, 0.717) is 0 Å². The Kier molecular flexibility index (Phi) is 4.12. The van der Waals surface area contributed by atoms with Gasteiger partial charge in [-0.15, -0.1) is 0 Å². The van der Waals surface area contributed by atoms with Crippen LogP contribution in [0.4, 0.5) is 0 Å². The summed E-state index contributed by atoms with van der Waals surface area (Å²) in [5.41, 5.74) is 2.65. The normalized spacial score (nSPS) is 11.7. The minimum absolute atomic E-state index is 1.07. The summed E-state index contributed by atoms with van der Waals surface area (Å²) in [5.74, 6) is 0. The maximum atomic E-state index is 3.88. The Labute approximate surface area is 58.3 Å². The van der Waals surface area contributed by atoms with Crippen LogP contribution in [0.3, 0.4) is 0 Å². The third kappa shape index (κ3) is 4.01. The van der Waals surface area contributed by atoms with Crippen molar-refractivity contribution in [1.82, 2.24) is 0 Å². The molecule has 0 aliphatic heterocycles. The lowest BCUT2D eigenvalue weighted by Crippen LogP contribution is -1.74. The predicted molar refractivity (Wildman–Crippen MR) is 43.5 cm³/mol. The van der Waals surface area contributed by atoms with E-state index in [2.05, 4.69) is 33.4 Å². The summed E-state index contributed by atoms with van der Waals surface area (Å²) in [5, 5.41) is 0. The Balaban J connectivity index is 3.79. The zero-order valence-electron chi connectivity index (χ0n) is 6.70. The summed E-state index contributed by atoms with van der Waals surface area (Å²) in [7, 11) is 0. The quantitative estimate of drug-likeness (QED) is 0.506. The van der Waals surface area contributed by atoms with Gasteiger partial charge in [-0.25, -0.2) is 0 Å². The third-order valence-corrected chi connectivity index (χ3v) is 1.46. The molecule has 0 heteroatoms. The summed E-state index contributed by atoms with van der Waals surface area (Å²) in [6.45, 7) is 10.3. The Bertz CT molecular complexity index is 118. The van der Waals surface area contributed by atoms with Gasteiger partial charge in [0.2, 0.25) is 0 Å². The maximum absolute atomic E-state index is 3.88. The summed E-state index contributed by atoms with van der Waals surface area (Å²) in [6, 6.07) is 0. The molecule has 0 fully saturated rings. The first-order valence-corrected chi connectivity index (χ1v) is 3.55. The van der Waals surface area contributed by atoms with Crippen molar-refractivity contribution < 1.29 is 0 Å². The fourth-order valence-electron chi connectivity index (χ4n) is 0.553. The lowest BCUT2D eigenvalue weighted by atomic mass is 10.1. The highest BCUT2D eigenvalue weighted by Gasteiger charge is 1.84. The zero-order chi connectivity index (χ0) is 7.28. The second kappa shape index (κ2) is 4.37. The molecule has 9 heavy (non-hydrogen) atoms. The highest BCUT2D eigenvalue weighted by Crippen LogP contribution is 2.05. The summed E-state index contributed by atoms with van der Waals surface area (Å²) < 4.78 is 0. The van der Waals surface area contributed by atoms with Crippen molar-refractivity contribution in [2.24, 2.45) is 0 Å². The molecule has 0 heterocycles. The van der Waals surface area contributed by atoms with Crippen LogP contribution < -0.4 is 0 Å². The molecule has 0 bridgehead atoms. The van der Waals surface area contributed by atoms with Crippen molar-refractivity contribution >= 4 is 0 Å². The topological polar surface area (TPSA) is 0 Å². The molecular formula is C9H16. The largest absolute Gasteiger partial charge is 0.0958 e. The number of hydrogen-bond acceptors (Lipinski definition) is 0. The summed E-state index contributed by atoms with van der Waals surface area (Å²) >= 11 is 0. The molecule has 52 valence electrons. The van der Waals surface area contributed by atoms with E-state index in [1.54, 1.807) is 0 Å². The van der Waals surface area contributed by atoms with Gasteiger partial charge in [-0.3, -0.25) is 0 Å². The second-order valence-corrected chi connectivity index (χ2v) is 2.36. The monoisotopic (exact) mass is 124 g/mol. The van der Waals surface area contributed by atoms with E-state index in [4.69, 9.17) is 0 Å². The molecule has 0 aliphatic rings. The van der Waals surface area contributed by atoms with Crippen LogP contribution in [0.5, 0.6) is 0 Å². The molecule has 0 spiro atoms. The van der Waals surface area contributed by atoms with E-state index < -0.39 is 0 Å². The maximum Gasteiger partial charge on any atom is -0.0313 e. The Morgan fingerprint density at radius 3 is 2.22 bits per heavy atom. The SMILES string of the molecule is C=C(/C=C(\C)CC)CC. The van der Waals surface area contributed by atoms with Gasteiger partial charge < -0.3 is 0 Å². The zero-order valence-corrected chi connectivity index (χ0v) is 6.70. The summed E-state index contributed by atoms with van der Waals surface area (Å²) in [6.07, 6.45) is 4.37. The molecule has 0 radical (unpaired) electrons. The highest BCUT2D eigenvalue weighted by molar-refractivity contribution is 5.18. The molecule has 0 unspecified atom stereocenters. The first-order chi connectivity index (χ1) is 4.20. The molecule has 0 aliphatic carbocycles. The van der Waals surface area contributed by atoms with E-state index >= 15 is 0 Å². The van der Waals surface area contributed by atoms with Gasteiger partial charge in [0.1, 0.15) is 0 Å². The van der Waals surface area contributed by atoms with Crippen LogP contribution in [-0.4, -0.2) is 0 Å².